The van der Waals surface area contributed by atoms with Gasteiger partial charge in [-0.2, -0.15) is 9.40 Å². The maximum absolute atomic E-state index is 11.9. The highest BCUT2D eigenvalue weighted by Crippen LogP contribution is 2.17. The fourth-order valence-electron chi connectivity index (χ4n) is 2.42. The summed E-state index contributed by atoms with van der Waals surface area (Å²) in [5, 5.41) is 4.15. The number of nitrogens with zero attached hydrogens (tertiary/aromatic N) is 6. The Morgan fingerprint density at radius 2 is 1.86 bits per heavy atom. The second-order valence-corrected chi connectivity index (χ2v) is 7.23. The molecule has 0 bridgehead atoms. The van der Waals surface area contributed by atoms with Crippen LogP contribution in [0.1, 0.15) is 6.92 Å². The zero-order chi connectivity index (χ0) is 15.6. The van der Waals surface area contributed by atoms with E-state index in [1.165, 1.54) is 6.33 Å². The van der Waals surface area contributed by atoms with Gasteiger partial charge in [-0.25, -0.2) is 23.1 Å². The highest BCUT2D eigenvalue weighted by molar-refractivity contribution is 7.89. The Morgan fingerprint density at radius 3 is 2.50 bits per heavy atom. The minimum absolute atomic E-state index is 0.143. The van der Waals surface area contributed by atoms with E-state index in [1.807, 2.05) is 18.3 Å². The number of piperazine rings is 1. The Kier molecular flexibility index (Phi) is 4.08. The molecule has 9 heteroatoms. The van der Waals surface area contributed by atoms with E-state index in [-0.39, 0.29) is 5.75 Å². The molecule has 1 aliphatic rings. The molecular formula is C13H18N6O2S. The Hall–Kier alpha value is -2.00. The summed E-state index contributed by atoms with van der Waals surface area (Å²) in [6.07, 6.45) is 5.01. The largest absolute Gasteiger partial charge is 0.354 e. The quantitative estimate of drug-likeness (QED) is 0.796. The summed E-state index contributed by atoms with van der Waals surface area (Å²) < 4.78 is 27.0. The molecule has 0 aliphatic carbocycles. The first-order chi connectivity index (χ1) is 10.6. The minimum atomic E-state index is -3.11. The van der Waals surface area contributed by atoms with E-state index < -0.39 is 10.0 Å². The molecular weight excluding hydrogens is 304 g/mol. The summed E-state index contributed by atoms with van der Waals surface area (Å²) in [5.74, 6) is 1.62. The van der Waals surface area contributed by atoms with Crippen molar-refractivity contribution in [2.45, 2.75) is 6.92 Å². The third-order valence-electron chi connectivity index (χ3n) is 3.70. The van der Waals surface area contributed by atoms with Crippen molar-refractivity contribution in [3.05, 3.63) is 30.9 Å². The lowest BCUT2D eigenvalue weighted by Gasteiger charge is -2.34. The van der Waals surface area contributed by atoms with Gasteiger partial charge in [-0.3, -0.25) is 0 Å². The lowest BCUT2D eigenvalue weighted by atomic mass is 10.3. The monoisotopic (exact) mass is 322 g/mol. The van der Waals surface area contributed by atoms with Gasteiger partial charge in [0.2, 0.25) is 10.0 Å². The van der Waals surface area contributed by atoms with Crippen LogP contribution >= 0.6 is 0 Å². The summed E-state index contributed by atoms with van der Waals surface area (Å²) in [5.41, 5.74) is 0. The van der Waals surface area contributed by atoms with Crippen molar-refractivity contribution in [3.8, 4) is 5.82 Å². The summed E-state index contributed by atoms with van der Waals surface area (Å²) >= 11 is 0. The van der Waals surface area contributed by atoms with Crippen LogP contribution in [-0.4, -0.2) is 64.4 Å². The number of aromatic nitrogens is 4. The van der Waals surface area contributed by atoms with E-state index in [0.29, 0.717) is 32.0 Å². The van der Waals surface area contributed by atoms with Gasteiger partial charge in [-0.15, -0.1) is 0 Å². The van der Waals surface area contributed by atoms with E-state index in [1.54, 1.807) is 22.1 Å². The zero-order valence-corrected chi connectivity index (χ0v) is 13.1. The van der Waals surface area contributed by atoms with Gasteiger partial charge in [-0.05, 0) is 13.0 Å². The van der Waals surface area contributed by atoms with Crippen LogP contribution in [0.4, 0.5) is 5.82 Å². The molecule has 0 atom stereocenters. The molecule has 0 radical (unpaired) electrons. The van der Waals surface area contributed by atoms with E-state index in [0.717, 1.165) is 5.82 Å². The molecule has 1 saturated heterocycles. The maximum Gasteiger partial charge on any atom is 0.213 e. The van der Waals surface area contributed by atoms with Gasteiger partial charge in [0.15, 0.2) is 5.82 Å². The highest BCUT2D eigenvalue weighted by atomic mass is 32.2. The summed E-state index contributed by atoms with van der Waals surface area (Å²) in [6, 6.07) is 3.69. The molecule has 3 rings (SSSR count). The van der Waals surface area contributed by atoms with E-state index in [9.17, 15) is 8.42 Å². The first-order valence-corrected chi connectivity index (χ1v) is 8.76. The molecule has 22 heavy (non-hydrogen) atoms. The normalized spacial score (nSPS) is 16.9. The maximum atomic E-state index is 11.9. The number of sulfonamides is 1. The molecule has 3 heterocycles. The molecule has 0 unspecified atom stereocenters. The standard InChI is InChI=1S/C13H18N6O2S/c1-2-22(20,21)18-8-6-17(7-9-18)12-10-13(15-11-14-12)19-5-3-4-16-19/h3-5,10-11H,2,6-9H2,1H3. The van der Waals surface area contributed by atoms with Gasteiger partial charge in [0.1, 0.15) is 12.1 Å². The van der Waals surface area contributed by atoms with Crippen LogP contribution < -0.4 is 4.90 Å². The summed E-state index contributed by atoms with van der Waals surface area (Å²) in [6.45, 7) is 3.88. The molecule has 2 aromatic heterocycles. The van der Waals surface area contributed by atoms with Crippen LogP contribution in [-0.2, 0) is 10.0 Å². The third-order valence-corrected chi connectivity index (χ3v) is 5.58. The Morgan fingerprint density at radius 1 is 1.14 bits per heavy atom. The second kappa shape index (κ2) is 6.01. The van der Waals surface area contributed by atoms with E-state index in [4.69, 9.17) is 0 Å². The van der Waals surface area contributed by atoms with Crippen molar-refractivity contribution in [2.75, 3.05) is 36.8 Å². The van der Waals surface area contributed by atoms with Crippen LogP contribution in [0.15, 0.2) is 30.9 Å². The molecule has 0 aromatic carbocycles. The fraction of sp³-hybridized carbons (Fsp3) is 0.462. The molecule has 0 N–H and O–H groups in total. The van der Waals surface area contributed by atoms with Gasteiger partial charge in [0.25, 0.3) is 0 Å². The number of rotatable bonds is 4. The van der Waals surface area contributed by atoms with Crippen molar-refractivity contribution in [2.24, 2.45) is 0 Å². The van der Waals surface area contributed by atoms with E-state index in [2.05, 4.69) is 20.0 Å². The number of hydrogen-bond donors (Lipinski definition) is 0. The molecule has 8 nitrogen and oxygen atoms in total. The van der Waals surface area contributed by atoms with Crippen molar-refractivity contribution in [1.82, 2.24) is 24.1 Å². The zero-order valence-electron chi connectivity index (χ0n) is 12.3. The molecule has 118 valence electrons. The van der Waals surface area contributed by atoms with Crippen LogP contribution in [0.25, 0.3) is 5.82 Å². The van der Waals surface area contributed by atoms with Gasteiger partial charge in [0.05, 0.1) is 5.75 Å². The van der Waals surface area contributed by atoms with Gasteiger partial charge in [-0.1, -0.05) is 0 Å². The molecule has 1 fully saturated rings. The summed E-state index contributed by atoms with van der Waals surface area (Å²) in [7, 11) is -3.11. The molecule has 0 saturated carbocycles. The molecule has 0 amide bonds. The molecule has 0 spiro atoms. The van der Waals surface area contributed by atoms with Gasteiger partial charge < -0.3 is 4.90 Å². The first kappa shape index (κ1) is 14.9. The smallest absolute Gasteiger partial charge is 0.213 e. The predicted molar refractivity (Wildman–Crippen MR) is 82.4 cm³/mol. The van der Waals surface area contributed by atoms with E-state index >= 15 is 0 Å². The average Bonchev–Trinajstić information content (AvgIpc) is 3.10. The average molecular weight is 322 g/mol. The molecule has 1 aliphatic heterocycles. The van der Waals surface area contributed by atoms with Crippen molar-refractivity contribution in [1.29, 1.82) is 0 Å². The van der Waals surface area contributed by atoms with Gasteiger partial charge in [0, 0.05) is 44.6 Å². The van der Waals surface area contributed by atoms with Crippen LogP contribution in [0.2, 0.25) is 0 Å². The Balaban J connectivity index is 1.73. The molecule has 2 aromatic rings. The number of hydrogen-bond acceptors (Lipinski definition) is 6. The lowest BCUT2D eigenvalue weighted by molar-refractivity contribution is 0.384. The van der Waals surface area contributed by atoms with Crippen LogP contribution in [0.5, 0.6) is 0 Å². The van der Waals surface area contributed by atoms with Gasteiger partial charge >= 0.3 is 0 Å². The van der Waals surface area contributed by atoms with Crippen molar-refractivity contribution >= 4 is 15.8 Å². The fourth-order valence-corrected chi connectivity index (χ4v) is 3.50. The first-order valence-electron chi connectivity index (χ1n) is 7.15. The SMILES string of the molecule is CCS(=O)(=O)N1CCN(c2cc(-n3cccn3)ncn2)CC1. The van der Waals surface area contributed by atoms with Crippen molar-refractivity contribution in [3.63, 3.8) is 0 Å². The van der Waals surface area contributed by atoms with Crippen LogP contribution in [0.3, 0.4) is 0 Å². The lowest BCUT2D eigenvalue weighted by Crippen LogP contribution is -2.49. The summed E-state index contributed by atoms with van der Waals surface area (Å²) in [4.78, 5) is 10.6. The number of anilines is 1. The second-order valence-electron chi connectivity index (χ2n) is 4.97. The Bertz CT molecular complexity index is 723. The third kappa shape index (κ3) is 2.95. The van der Waals surface area contributed by atoms with Crippen LogP contribution in [0, 0.1) is 0 Å². The van der Waals surface area contributed by atoms with Crippen molar-refractivity contribution < 1.29 is 8.42 Å². The highest BCUT2D eigenvalue weighted by Gasteiger charge is 2.26. The topological polar surface area (TPSA) is 84.2 Å². The predicted octanol–water partition coefficient (Wildman–Crippen LogP) is 0.134. The Labute approximate surface area is 129 Å². The minimum Gasteiger partial charge on any atom is -0.354 e.